The lowest BCUT2D eigenvalue weighted by Crippen LogP contribution is -2.32. The first-order valence-electron chi connectivity index (χ1n) is 11.2. The Morgan fingerprint density at radius 1 is 0.846 bits per heavy atom. The van der Waals surface area contributed by atoms with Crippen molar-refractivity contribution in [3.8, 4) is 0 Å². The van der Waals surface area contributed by atoms with E-state index in [1.807, 2.05) is 6.92 Å². The van der Waals surface area contributed by atoms with Crippen molar-refractivity contribution in [3.05, 3.63) is 0 Å². The first-order chi connectivity index (χ1) is 12.4. The third-order valence-electron chi connectivity index (χ3n) is 5.09. The fraction of sp³-hybridized carbons (Fsp3) is 0.955. The topological polar surface area (TPSA) is 52.6 Å². The molecule has 0 aromatic carbocycles. The van der Waals surface area contributed by atoms with Crippen molar-refractivity contribution in [2.45, 2.75) is 110 Å². The summed E-state index contributed by atoms with van der Waals surface area (Å²) in [6.07, 6.45) is 12.4. The molecular weight excluding hydrogens is 324 g/mol. The van der Waals surface area contributed by atoms with Crippen molar-refractivity contribution < 1.29 is 9.90 Å². The van der Waals surface area contributed by atoms with Crippen molar-refractivity contribution in [2.75, 3.05) is 26.2 Å². The van der Waals surface area contributed by atoms with Crippen LogP contribution in [0, 0.1) is 0 Å². The molecule has 0 fully saturated rings. The van der Waals surface area contributed by atoms with Crippen LogP contribution in [0.5, 0.6) is 0 Å². The highest BCUT2D eigenvalue weighted by atomic mass is 16.3. The summed E-state index contributed by atoms with van der Waals surface area (Å²) in [5, 5.41) is 13.4. The monoisotopic (exact) mass is 370 g/mol. The maximum atomic E-state index is 12.0. The van der Waals surface area contributed by atoms with Gasteiger partial charge in [-0.2, -0.15) is 0 Å². The fourth-order valence-corrected chi connectivity index (χ4v) is 3.16. The highest BCUT2D eigenvalue weighted by Crippen LogP contribution is 2.20. The number of carbonyl (C=O) groups excluding carboxylic acids is 1. The van der Waals surface area contributed by atoms with E-state index >= 15 is 0 Å². The van der Waals surface area contributed by atoms with Crippen molar-refractivity contribution in [3.63, 3.8) is 0 Å². The molecule has 0 saturated carbocycles. The lowest BCUT2D eigenvalue weighted by Gasteiger charge is -2.23. The minimum atomic E-state index is -0.706. The van der Waals surface area contributed by atoms with Crippen LogP contribution in [0.3, 0.4) is 0 Å². The SMILES string of the molecule is CCCCCCC(C)(O)CCC(=O)NCCCN(CCCC)CCCC. The number of carbonyl (C=O) groups is 1. The Morgan fingerprint density at radius 3 is 2.00 bits per heavy atom. The van der Waals surface area contributed by atoms with Crippen molar-refractivity contribution in [2.24, 2.45) is 0 Å². The average molecular weight is 371 g/mol. The number of hydrogen-bond acceptors (Lipinski definition) is 3. The summed E-state index contributed by atoms with van der Waals surface area (Å²) in [6, 6.07) is 0. The number of hydrogen-bond donors (Lipinski definition) is 2. The largest absolute Gasteiger partial charge is 0.390 e. The van der Waals surface area contributed by atoms with Crippen LogP contribution in [-0.2, 0) is 4.79 Å². The minimum Gasteiger partial charge on any atom is -0.390 e. The second kappa shape index (κ2) is 16.6. The zero-order chi connectivity index (χ0) is 19.7. The molecule has 0 aliphatic rings. The minimum absolute atomic E-state index is 0.0764. The summed E-state index contributed by atoms with van der Waals surface area (Å²) in [5.41, 5.74) is -0.706. The molecule has 2 N–H and O–H groups in total. The lowest BCUT2D eigenvalue weighted by atomic mass is 9.93. The molecule has 4 nitrogen and oxygen atoms in total. The van der Waals surface area contributed by atoms with Gasteiger partial charge in [-0.15, -0.1) is 0 Å². The zero-order valence-electron chi connectivity index (χ0n) is 18.1. The Hall–Kier alpha value is -0.610. The number of nitrogens with one attached hydrogen (secondary N) is 1. The van der Waals surface area contributed by atoms with Gasteiger partial charge in [-0.3, -0.25) is 4.79 Å². The lowest BCUT2D eigenvalue weighted by molar-refractivity contribution is -0.122. The van der Waals surface area contributed by atoms with Gasteiger partial charge in [0.1, 0.15) is 0 Å². The third-order valence-corrected chi connectivity index (χ3v) is 5.09. The van der Waals surface area contributed by atoms with Gasteiger partial charge in [0.25, 0.3) is 0 Å². The highest BCUT2D eigenvalue weighted by Gasteiger charge is 2.20. The molecule has 26 heavy (non-hydrogen) atoms. The Kier molecular flexibility index (Phi) is 16.2. The molecule has 0 bridgehead atoms. The summed E-state index contributed by atoms with van der Waals surface area (Å²) in [4.78, 5) is 14.5. The van der Waals surface area contributed by atoms with E-state index in [1.54, 1.807) is 0 Å². The van der Waals surface area contributed by atoms with Crippen LogP contribution in [0.4, 0.5) is 0 Å². The first-order valence-corrected chi connectivity index (χ1v) is 11.2. The fourth-order valence-electron chi connectivity index (χ4n) is 3.16. The Labute approximate surface area is 163 Å². The molecule has 0 spiro atoms. The normalized spacial score (nSPS) is 13.8. The number of rotatable bonds is 18. The van der Waals surface area contributed by atoms with Gasteiger partial charge in [-0.25, -0.2) is 0 Å². The van der Waals surface area contributed by atoms with Crippen LogP contribution >= 0.6 is 0 Å². The predicted octanol–water partition coefficient (Wildman–Crippen LogP) is 4.90. The van der Waals surface area contributed by atoms with Gasteiger partial charge in [0.15, 0.2) is 0 Å². The number of nitrogens with zero attached hydrogens (tertiary/aromatic N) is 1. The van der Waals surface area contributed by atoms with E-state index in [9.17, 15) is 9.90 Å². The van der Waals surface area contributed by atoms with E-state index in [4.69, 9.17) is 0 Å². The summed E-state index contributed by atoms with van der Waals surface area (Å²) in [6.45, 7) is 12.7. The quantitative estimate of drug-likeness (QED) is 0.338. The summed E-state index contributed by atoms with van der Waals surface area (Å²) < 4.78 is 0. The van der Waals surface area contributed by atoms with Gasteiger partial charge in [0, 0.05) is 13.0 Å². The standard InChI is InChI=1S/C22H46N2O2/c1-5-8-11-12-15-22(4,26)16-14-21(25)23-17-13-20-24(18-9-6-2)19-10-7-3/h26H,5-20H2,1-4H3,(H,23,25). The van der Waals surface area contributed by atoms with E-state index in [1.165, 1.54) is 58.0 Å². The van der Waals surface area contributed by atoms with Gasteiger partial charge in [-0.1, -0.05) is 59.3 Å². The number of amides is 1. The second-order valence-electron chi connectivity index (χ2n) is 8.06. The molecule has 1 unspecified atom stereocenters. The second-order valence-corrected chi connectivity index (χ2v) is 8.06. The van der Waals surface area contributed by atoms with Crippen LogP contribution in [-0.4, -0.2) is 47.7 Å². The van der Waals surface area contributed by atoms with Crippen molar-refractivity contribution in [1.82, 2.24) is 10.2 Å². The van der Waals surface area contributed by atoms with Gasteiger partial charge in [0.2, 0.25) is 5.91 Å². The molecule has 0 rings (SSSR count). The molecule has 0 aliphatic carbocycles. The molecule has 0 aliphatic heterocycles. The summed E-state index contributed by atoms with van der Waals surface area (Å²) in [7, 11) is 0. The molecule has 1 amide bonds. The Morgan fingerprint density at radius 2 is 1.42 bits per heavy atom. The average Bonchev–Trinajstić information content (AvgIpc) is 2.62. The van der Waals surface area contributed by atoms with Crippen LogP contribution in [0.2, 0.25) is 0 Å². The molecule has 0 aromatic rings. The highest BCUT2D eigenvalue weighted by molar-refractivity contribution is 5.75. The molecule has 0 aromatic heterocycles. The molecule has 1 atom stereocenters. The maximum absolute atomic E-state index is 12.0. The van der Waals surface area contributed by atoms with Crippen LogP contribution in [0.15, 0.2) is 0 Å². The smallest absolute Gasteiger partial charge is 0.220 e. The maximum Gasteiger partial charge on any atom is 0.220 e. The van der Waals surface area contributed by atoms with Crippen molar-refractivity contribution >= 4 is 5.91 Å². The Balaban J connectivity index is 3.85. The van der Waals surface area contributed by atoms with Crippen molar-refractivity contribution in [1.29, 1.82) is 0 Å². The van der Waals surface area contributed by atoms with E-state index in [2.05, 4.69) is 31.0 Å². The number of unbranched alkanes of at least 4 members (excludes halogenated alkanes) is 5. The number of aliphatic hydroxyl groups is 1. The first kappa shape index (κ1) is 25.4. The van der Waals surface area contributed by atoms with Gasteiger partial charge in [-0.05, 0) is 58.7 Å². The summed E-state index contributed by atoms with van der Waals surface area (Å²) >= 11 is 0. The van der Waals surface area contributed by atoms with E-state index in [0.29, 0.717) is 12.8 Å². The van der Waals surface area contributed by atoms with Crippen LogP contribution in [0.1, 0.15) is 105 Å². The Bertz CT molecular complexity index is 324. The van der Waals surface area contributed by atoms with E-state index < -0.39 is 5.60 Å². The van der Waals surface area contributed by atoms with Gasteiger partial charge in [0.05, 0.1) is 5.60 Å². The van der Waals surface area contributed by atoms with Crippen LogP contribution < -0.4 is 5.32 Å². The van der Waals surface area contributed by atoms with E-state index in [-0.39, 0.29) is 5.91 Å². The van der Waals surface area contributed by atoms with Crippen LogP contribution in [0.25, 0.3) is 0 Å². The molecular formula is C22H46N2O2. The molecule has 4 heteroatoms. The molecule has 156 valence electrons. The summed E-state index contributed by atoms with van der Waals surface area (Å²) in [5.74, 6) is 0.0764. The van der Waals surface area contributed by atoms with Gasteiger partial charge < -0.3 is 15.3 Å². The predicted molar refractivity (Wildman–Crippen MR) is 112 cm³/mol. The zero-order valence-corrected chi connectivity index (χ0v) is 18.1. The van der Waals surface area contributed by atoms with Gasteiger partial charge >= 0.3 is 0 Å². The molecule has 0 saturated heterocycles. The molecule has 0 radical (unpaired) electrons. The molecule has 0 heterocycles. The van der Waals surface area contributed by atoms with E-state index in [0.717, 1.165) is 32.4 Å². The third kappa shape index (κ3) is 15.6.